The highest BCUT2D eigenvalue weighted by Gasteiger charge is 2.09. The molecule has 0 unspecified atom stereocenters. The third-order valence-electron chi connectivity index (χ3n) is 3.18. The molecule has 1 amide bonds. The van der Waals surface area contributed by atoms with Crippen LogP contribution in [0, 0.1) is 0 Å². The number of nitrogens with one attached hydrogen (secondary N) is 1. The highest BCUT2D eigenvalue weighted by molar-refractivity contribution is 6.30. The Morgan fingerprint density at radius 1 is 1.18 bits per heavy atom. The summed E-state index contributed by atoms with van der Waals surface area (Å²) < 4.78 is 2.54. The van der Waals surface area contributed by atoms with Gasteiger partial charge >= 0.3 is 5.69 Å². The minimum atomic E-state index is -0.336. The van der Waals surface area contributed by atoms with Crippen LogP contribution in [0.1, 0.15) is 5.56 Å². The Bertz CT molecular complexity index is 867. The van der Waals surface area contributed by atoms with Gasteiger partial charge in [0.1, 0.15) is 6.54 Å². The van der Waals surface area contributed by atoms with Crippen LogP contribution in [0.25, 0.3) is 5.65 Å². The number of carbonyl (C=O) groups is 1. The SMILES string of the molecule is O=C(Cn1nc2ccccn2c1=O)NCc1ccc(Cl)cc1. The van der Waals surface area contributed by atoms with Crippen LogP contribution >= 0.6 is 11.6 Å². The molecule has 6 nitrogen and oxygen atoms in total. The van der Waals surface area contributed by atoms with Gasteiger partial charge in [-0.3, -0.25) is 9.20 Å². The third-order valence-corrected chi connectivity index (χ3v) is 3.44. The quantitative estimate of drug-likeness (QED) is 0.792. The fourth-order valence-electron chi connectivity index (χ4n) is 2.07. The second-order valence-corrected chi connectivity index (χ2v) is 5.21. The number of benzene rings is 1. The molecule has 7 heteroatoms. The van der Waals surface area contributed by atoms with Gasteiger partial charge in [0.05, 0.1) is 0 Å². The van der Waals surface area contributed by atoms with Crippen LogP contribution in [-0.2, 0) is 17.9 Å². The van der Waals surface area contributed by atoms with Crippen LogP contribution in [-0.4, -0.2) is 20.1 Å². The van der Waals surface area contributed by atoms with Gasteiger partial charge in [0.2, 0.25) is 5.91 Å². The lowest BCUT2D eigenvalue weighted by Gasteiger charge is -2.05. The molecule has 22 heavy (non-hydrogen) atoms. The Morgan fingerprint density at radius 3 is 2.68 bits per heavy atom. The number of hydrogen-bond acceptors (Lipinski definition) is 3. The number of halogens is 1. The molecule has 2 heterocycles. The highest BCUT2D eigenvalue weighted by Crippen LogP contribution is 2.09. The third kappa shape index (κ3) is 3.01. The zero-order valence-electron chi connectivity index (χ0n) is 11.6. The lowest BCUT2D eigenvalue weighted by molar-refractivity contribution is -0.122. The van der Waals surface area contributed by atoms with E-state index in [1.165, 1.54) is 4.40 Å². The fourth-order valence-corrected chi connectivity index (χ4v) is 2.19. The Kier molecular flexibility index (Phi) is 3.93. The zero-order valence-corrected chi connectivity index (χ0v) is 12.3. The van der Waals surface area contributed by atoms with Gasteiger partial charge in [0, 0.05) is 17.8 Å². The number of aromatic nitrogens is 3. The summed E-state index contributed by atoms with van der Waals surface area (Å²) in [6.45, 7) is 0.256. The van der Waals surface area contributed by atoms with E-state index in [4.69, 9.17) is 11.6 Å². The minimum Gasteiger partial charge on any atom is -0.350 e. The van der Waals surface area contributed by atoms with Gasteiger partial charge in [-0.15, -0.1) is 5.10 Å². The second kappa shape index (κ2) is 6.03. The molecule has 0 radical (unpaired) electrons. The monoisotopic (exact) mass is 316 g/mol. The molecular weight excluding hydrogens is 304 g/mol. The zero-order chi connectivity index (χ0) is 15.5. The summed E-state index contributed by atoms with van der Waals surface area (Å²) in [6.07, 6.45) is 1.62. The molecule has 112 valence electrons. The molecule has 1 N–H and O–H groups in total. The van der Waals surface area contributed by atoms with Gasteiger partial charge in [0.25, 0.3) is 0 Å². The Balaban J connectivity index is 1.67. The molecule has 0 fully saturated rings. The van der Waals surface area contributed by atoms with E-state index in [0.717, 1.165) is 10.2 Å². The average molecular weight is 317 g/mol. The van der Waals surface area contributed by atoms with Crippen molar-refractivity contribution in [2.75, 3.05) is 0 Å². The molecule has 0 bridgehead atoms. The van der Waals surface area contributed by atoms with Gasteiger partial charge in [0.15, 0.2) is 5.65 Å². The van der Waals surface area contributed by atoms with Gasteiger partial charge in [-0.25, -0.2) is 9.48 Å². The first-order chi connectivity index (χ1) is 10.6. The number of amides is 1. The van der Waals surface area contributed by atoms with Crippen molar-refractivity contribution in [1.29, 1.82) is 0 Å². The summed E-state index contributed by atoms with van der Waals surface area (Å²) in [5.41, 5.74) is 1.11. The lowest BCUT2D eigenvalue weighted by atomic mass is 10.2. The molecule has 0 aliphatic rings. The van der Waals surface area contributed by atoms with Gasteiger partial charge in [-0.2, -0.15) is 0 Å². The van der Waals surface area contributed by atoms with Crippen molar-refractivity contribution >= 4 is 23.2 Å². The van der Waals surface area contributed by atoms with Gasteiger partial charge in [-0.1, -0.05) is 29.8 Å². The molecule has 0 aliphatic carbocycles. The maximum atomic E-state index is 12.0. The summed E-state index contributed by atoms with van der Waals surface area (Å²) in [5.74, 6) is -0.277. The molecule has 0 saturated heterocycles. The summed E-state index contributed by atoms with van der Waals surface area (Å²) >= 11 is 5.80. The van der Waals surface area contributed by atoms with Crippen molar-refractivity contribution in [1.82, 2.24) is 19.5 Å². The maximum Gasteiger partial charge on any atom is 0.350 e. The van der Waals surface area contributed by atoms with Gasteiger partial charge < -0.3 is 5.32 Å². The maximum absolute atomic E-state index is 12.0. The first kappa shape index (κ1) is 14.3. The van der Waals surface area contributed by atoms with Crippen LogP contribution in [0.15, 0.2) is 53.5 Å². The molecule has 0 saturated carbocycles. The summed E-state index contributed by atoms with van der Waals surface area (Å²) in [5, 5.41) is 7.50. The number of nitrogens with zero attached hydrogens (tertiary/aromatic N) is 3. The predicted octanol–water partition coefficient (Wildman–Crippen LogP) is 1.47. The lowest BCUT2D eigenvalue weighted by Crippen LogP contribution is -2.32. The van der Waals surface area contributed by atoms with Crippen molar-refractivity contribution in [2.45, 2.75) is 13.1 Å². The number of pyridine rings is 1. The Hall–Kier alpha value is -2.60. The van der Waals surface area contributed by atoms with E-state index in [9.17, 15) is 9.59 Å². The molecule has 0 aliphatic heterocycles. The standard InChI is InChI=1S/C15H13ClN4O2/c16-12-6-4-11(5-7-12)9-17-14(21)10-20-15(22)19-8-2-1-3-13(19)18-20/h1-8H,9-10H2,(H,17,21). The van der Waals surface area contributed by atoms with E-state index >= 15 is 0 Å². The van der Waals surface area contributed by atoms with Crippen LogP contribution in [0.2, 0.25) is 5.02 Å². The highest BCUT2D eigenvalue weighted by atomic mass is 35.5. The summed E-state index contributed by atoms with van der Waals surface area (Å²) in [4.78, 5) is 24.0. The minimum absolute atomic E-state index is 0.117. The second-order valence-electron chi connectivity index (χ2n) is 4.77. The molecule has 1 aromatic carbocycles. The summed E-state index contributed by atoms with van der Waals surface area (Å²) in [7, 11) is 0. The first-order valence-electron chi connectivity index (χ1n) is 6.69. The van der Waals surface area contributed by atoms with Crippen molar-refractivity contribution in [3.8, 4) is 0 Å². The van der Waals surface area contributed by atoms with E-state index in [2.05, 4.69) is 10.4 Å². The Labute approximate surface area is 130 Å². The number of carbonyl (C=O) groups excluding carboxylic acids is 1. The number of rotatable bonds is 4. The smallest absolute Gasteiger partial charge is 0.350 e. The van der Waals surface area contributed by atoms with E-state index in [0.29, 0.717) is 17.2 Å². The van der Waals surface area contributed by atoms with Crippen LogP contribution in [0.4, 0.5) is 0 Å². The fraction of sp³-hybridized carbons (Fsp3) is 0.133. The number of fused-ring (bicyclic) bond motifs is 1. The summed E-state index contributed by atoms with van der Waals surface area (Å²) in [6, 6.07) is 12.4. The van der Waals surface area contributed by atoms with Crippen molar-refractivity contribution < 1.29 is 4.79 Å². The normalized spacial score (nSPS) is 10.8. The van der Waals surface area contributed by atoms with Gasteiger partial charge in [-0.05, 0) is 29.8 Å². The van der Waals surface area contributed by atoms with Crippen LogP contribution < -0.4 is 11.0 Å². The molecule has 3 aromatic rings. The van der Waals surface area contributed by atoms with E-state index in [1.807, 2.05) is 12.1 Å². The number of hydrogen-bond donors (Lipinski definition) is 1. The predicted molar refractivity (Wildman–Crippen MR) is 82.8 cm³/mol. The van der Waals surface area contributed by atoms with Crippen molar-refractivity contribution in [3.05, 3.63) is 69.7 Å². The first-order valence-corrected chi connectivity index (χ1v) is 7.06. The van der Waals surface area contributed by atoms with Crippen LogP contribution in [0.5, 0.6) is 0 Å². The molecule has 3 rings (SSSR count). The molecule has 2 aromatic heterocycles. The van der Waals surface area contributed by atoms with E-state index in [1.54, 1.807) is 36.5 Å². The molecule has 0 spiro atoms. The largest absolute Gasteiger partial charge is 0.350 e. The topological polar surface area (TPSA) is 68.4 Å². The van der Waals surface area contributed by atoms with E-state index < -0.39 is 0 Å². The van der Waals surface area contributed by atoms with E-state index in [-0.39, 0.29) is 18.1 Å². The average Bonchev–Trinajstić information content (AvgIpc) is 2.83. The molecule has 0 atom stereocenters. The Morgan fingerprint density at radius 2 is 1.95 bits per heavy atom. The van der Waals surface area contributed by atoms with Crippen molar-refractivity contribution in [3.63, 3.8) is 0 Å². The molecular formula is C15H13ClN4O2. The van der Waals surface area contributed by atoms with Crippen molar-refractivity contribution in [2.24, 2.45) is 0 Å². The van der Waals surface area contributed by atoms with Crippen LogP contribution in [0.3, 0.4) is 0 Å².